The predicted octanol–water partition coefficient (Wildman–Crippen LogP) is 17.6. The fraction of sp³-hybridized carbons (Fsp3) is 0.0132. The number of aliphatic imine (C=N–C) groups is 1. The first-order valence-corrected chi connectivity index (χ1v) is 30.4. The standard InChI is InChI=1S/C76H44BN7S2/c1-80-44-47-29-34-65-58(37-47)57-36-46(43-79)27-32-64(57)81(65)49-30-31-59-67(38-49)84(60-22-10-5-17-51(60)48-15-3-2-4-16-48)69-39-50(82-61-23-11-6-18-52(61)53-19-7-12-24-62(53)82)40-71-74(69)77(59)75-72(85-71)41-68(73-55-21-9-14-26-70(55)86-76(73)75)83-63-25-13-8-20-54(63)56-35-45(42-78)28-33-66(56)83/h2-41,44H,1H3. The molecule has 12 aromatic carbocycles. The highest BCUT2D eigenvalue weighted by molar-refractivity contribution is 8.00. The van der Waals surface area contributed by atoms with Crippen LogP contribution in [0.25, 0.3) is 114 Å². The van der Waals surface area contributed by atoms with Gasteiger partial charge in [0.15, 0.2) is 0 Å². The van der Waals surface area contributed by atoms with Crippen molar-refractivity contribution in [3.8, 4) is 40.3 Å². The van der Waals surface area contributed by atoms with Gasteiger partial charge in [0.1, 0.15) is 0 Å². The molecule has 0 radical (unpaired) electrons. The van der Waals surface area contributed by atoms with Crippen LogP contribution in [0.1, 0.15) is 16.7 Å². The van der Waals surface area contributed by atoms with E-state index in [0.717, 1.165) is 105 Å². The van der Waals surface area contributed by atoms with Crippen LogP contribution in [0, 0.1) is 22.7 Å². The van der Waals surface area contributed by atoms with E-state index in [9.17, 15) is 10.5 Å². The molecule has 0 fully saturated rings. The van der Waals surface area contributed by atoms with Gasteiger partial charge in [0, 0.05) is 104 Å². The Labute approximate surface area is 502 Å². The van der Waals surface area contributed by atoms with Gasteiger partial charge >= 0.3 is 0 Å². The minimum absolute atomic E-state index is 0.194. The van der Waals surface area contributed by atoms with E-state index >= 15 is 0 Å². The van der Waals surface area contributed by atoms with Crippen molar-refractivity contribution in [3.63, 3.8) is 0 Å². The van der Waals surface area contributed by atoms with Gasteiger partial charge in [-0.3, -0.25) is 4.99 Å². The molecule has 2 aliphatic heterocycles. The van der Waals surface area contributed by atoms with Crippen LogP contribution in [0.3, 0.4) is 0 Å². The molecule has 0 atom stereocenters. The molecule has 0 spiro atoms. The van der Waals surface area contributed by atoms with Crippen molar-refractivity contribution in [1.82, 2.24) is 13.7 Å². The Balaban J connectivity index is 0.991. The van der Waals surface area contributed by atoms with Crippen molar-refractivity contribution < 1.29 is 0 Å². The molecule has 0 saturated carbocycles. The van der Waals surface area contributed by atoms with Crippen LogP contribution in [-0.4, -0.2) is 33.7 Å². The van der Waals surface area contributed by atoms with E-state index in [1.807, 2.05) is 47.5 Å². The minimum atomic E-state index is -0.194. The Morgan fingerprint density at radius 2 is 0.988 bits per heavy atom. The van der Waals surface area contributed by atoms with E-state index in [-0.39, 0.29) is 6.71 Å². The number of hydrogen-bond donors (Lipinski definition) is 0. The van der Waals surface area contributed by atoms with Crippen molar-refractivity contribution in [1.29, 1.82) is 10.5 Å². The first-order chi connectivity index (χ1) is 42.5. The van der Waals surface area contributed by atoms with Crippen LogP contribution in [0.2, 0.25) is 0 Å². The number of anilines is 3. The van der Waals surface area contributed by atoms with Crippen molar-refractivity contribution in [2.24, 2.45) is 4.99 Å². The van der Waals surface area contributed by atoms with Gasteiger partial charge in [0.2, 0.25) is 0 Å². The zero-order chi connectivity index (χ0) is 56.9. The quantitative estimate of drug-likeness (QED) is 0.123. The summed E-state index contributed by atoms with van der Waals surface area (Å²) in [6.45, 7) is -0.194. The van der Waals surface area contributed by atoms with E-state index in [4.69, 9.17) is 0 Å². The van der Waals surface area contributed by atoms with Gasteiger partial charge in [0.25, 0.3) is 6.71 Å². The van der Waals surface area contributed by atoms with Crippen molar-refractivity contribution in [2.45, 2.75) is 9.79 Å². The van der Waals surface area contributed by atoms with Gasteiger partial charge in [-0.25, -0.2) is 0 Å². The Morgan fingerprint density at radius 3 is 1.71 bits per heavy atom. The topological polar surface area (TPSA) is 78.0 Å². The fourth-order valence-corrected chi connectivity index (χ4v) is 17.0. The van der Waals surface area contributed by atoms with E-state index in [0.29, 0.717) is 11.1 Å². The summed E-state index contributed by atoms with van der Waals surface area (Å²) in [4.78, 5) is 9.37. The number of nitrogens with zero attached hydrogens (tertiary/aromatic N) is 7. The second-order valence-electron chi connectivity index (χ2n) is 22.4. The summed E-state index contributed by atoms with van der Waals surface area (Å²) in [7, 11) is 1.80. The molecule has 16 aromatic rings. The molecule has 0 aliphatic carbocycles. The molecule has 0 N–H and O–H groups in total. The second kappa shape index (κ2) is 18.6. The molecule has 2 aliphatic rings. The van der Waals surface area contributed by atoms with E-state index in [2.05, 4.69) is 260 Å². The Hall–Kier alpha value is -10.9. The second-order valence-corrected chi connectivity index (χ2v) is 24.5. The SMILES string of the molecule is CN=Cc1ccc2c(c1)c1cc(C#N)ccc1n2-c1ccc2c(c1)N(c1ccccc1-c1ccccc1)c1cc(-n3c4ccccc4c4ccccc43)cc3c1B2c1c(cc(-n2c4ccccc4c4cc(C#N)ccc42)c2c1sc1ccccc12)S3. The van der Waals surface area contributed by atoms with Crippen LogP contribution < -0.4 is 21.3 Å². The van der Waals surface area contributed by atoms with Crippen molar-refractivity contribution >= 4 is 155 Å². The molecule has 0 saturated heterocycles. The molecule has 0 bridgehead atoms. The Kier molecular flexibility index (Phi) is 10.5. The van der Waals surface area contributed by atoms with Crippen LogP contribution in [0.4, 0.5) is 17.1 Å². The van der Waals surface area contributed by atoms with Gasteiger partial charge in [-0.15, -0.1) is 11.3 Å². The lowest BCUT2D eigenvalue weighted by molar-refractivity contribution is 1.15. The highest BCUT2D eigenvalue weighted by Gasteiger charge is 2.44. The maximum atomic E-state index is 10.3. The number of rotatable bonds is 6. The first kappa shape index (κ1) is 48.6. The van der Waals surface area contributed by atoms with Crippen molar-refractivity contribution in [2.75, 3.05) is 11.9 Å². The Bertz CT molecular complexity index is 5720. The average Bonchev–Trinajstić information content (AvgIpc) is 1.11. The molecular formula is C76H44BN7S2. The monoisotopic (exact) mass is 1130 g/mol. The number of aromatic nitrogens is 3. The van der Waals surface area contributed by atoms with Crippen molar-refractivity contribution in [3.05, 3.63) is 259 Å². The molecule has 0 amide bonds. The van der Waals surface area contributed by atoms with Gasteiger partial charge in [0.05, 0.1) is 67.7 Å². The maximum absolute atomic E-state index is 10.3. The van der Waals surface area contributed by atoms with Gasteiger partial charge in [-0.1, -0.05) is 145 Å². The zero-order valence-electron chi connectivity index (χ0n) is 46.2. The normalized spacial score (nSPS) is 12.8. The Morgan fingerprint density at radius 1 is 0.430 bits per heavy atom. The third-order valence-corrected chi connectivity index (χ3v) is 20.2. The molecule has 18 rings (SSSR count). The highest BCUT2D eigenvalue weighted by Crippen LogP contribution is 2.51. The molecule has 0 unspecified atom stereocenters. The molecule has 6 heterocycles. The minimum Gasteiger partial charge on any atom is -0.311 e. The summed E-state index contributed by atoms with van der Waals surface area (Å²) in [6, 6.07) is 93.0. The van der Waals surface area contributed by atoms with Crippen LogP contribution in [0.15, 0.2) is 257 Å². The summed E-state index contributed by atoms with van der Waals surface area (Å²) in [5, 5.41) is 29.6. The third-order valence-electron chi connectivity index (χ3n) is 17.9. The third kappa shape index (κ3) is 6.88. The number of benzene rings is 12. The lowest BCUT2D eigenvalue weighted by Gasteiger charge is -2.41. The average molecular weight is 1130 g/mol. The predicted molar refractivity (Wildman–Crippen MR) is 361 cm³/mol. The molecule has 86 heavy (non-hydrogen) atoms. The van der Waals surface area contributed by atoms with Gasteiger partial charge < -0.3 is 18.6 Å². The number of para-hydroxylation sites is 4. The first-order valence-electron chi connectivity index (χ1n) is 28.8. The number of fused-ring (bicyclic) bond motifs is 17. The fourth-order valence-electron chi connectivity index (χ4n) is 14.4. The maximum Gasteiger partial charge on any atom is 0.251 e. The largest absolute Gasteiger partial charge is 0.311 e. The lowest BCUT2D eigenvalue weighted by atomic mass is 9.34. The summed E-state index contributed by atoms with van der Waals surface area (Å²) < 4.78 is 9.79. The number of thiophene rings is 1. The van der Waals surface area contributed by atoms with Crippen LogP contribution in [0.5, 0.6) is 0 Å². The summed E-state index contributed by atoms with van der Waals surface area (Å²) in [6.07, 6.45) is 1.89. The highest BCUT2D eigenvalue weighted by atomic mass is 32.2. The van der Waals surface area contributed by atoms with Crippen LogP contribution in [-0.2, 0) is 0 Å². The lowest BCUT2D eigenvalue weighted by Crippen LogP contribution is -2.60. The summed E-state index contributed by atoms with van der Waals surface area (Å²) in [5.41, 5.74) is 21.3. The number of nitriles is 2. The number of hydrogen-bond acceptors (Lipinski definition) is 6. The molecular weight excluding hydrogens is 1090 g/mol. The molecule has 7 nitrogen and oxygen atoms in total. The summed E-state index contributed by atoms with van der Waals surface area (Å²) >= 11 is 3.77. The van der Waals surface area contributed by atoms with Gasteiger partial charge in [-0.05, 0) is 137 Å². The molecule has 398 valence electrons. The van der Waals surface area contributed by atoms with Gasteiger partial charge in [-0.2, -0.15) is 10.5 Å². The van der Waals surface area contributed by atoms with E-state index < -0.39 is 0 Å². The molecule has 4 aromatic heterocycles. The van der Waals surface area contributed by atoms with Crippen LogP contribution >= 0.6 is 23.1 Å². The smallest absolute Gasteiger partial charge is 0.251 e. The zero-order valence-corrected chi connectivity index (χ0v) is 47.8. The van der Waals surface area contributed by atoms with E-state index in [1.165, 1.54) is 57.1 Å². The molecule has 10 heteroatoms. The van der Waals surface area contributed by atoms with E-state index in [1.54, 1.807) is 7.05 Å². The summed E-state index contributed by atoms with van der Waals surface area (Å²) in [5.74, 6) is 0.